The van der Waals surface area contributed by atoms with Crippen LogP contribution in [0, 0.1) is 12.3 Å². The number of nitrogens with zero attached hydrogens (tertiary/aromatic N) is 2. The third-order valence-electron chi connectivity index (χ3n) is 4.00. The molecule has 0 spiro atoms. The second-order valence-corrected chi connectivity index (χ2v) is 7.05. The monoisotopic (exact) mass is 318 g/mol. The maximum absolute atomic E-state index is 12.1. The van der Waals surface area contributed by atoms with E-state index in [4.69, 9.17) is 15.9 Å². The molecule has 1 aromatic rings. The van der Waals surface area contributed by atoms with Gasteiger partial charge in [-0.05, 0) is 52.2 Å². The molecule has 3 N–H and O–H groups in total. The molecular weight excluding hydrogens is 292 g/mol. The highest BCUT2D eigenvalue weighted by Gasteiger charge is 2.28. The summed E-state index contributed by atoms with van der Waals surface area (Å²) >= 11 is 0. The highest BCUT2D eigenvalue weighted by atomic mass is 16.6. The number of pyridine rings is 1. The minimum absolute atomic E-state index is 0.251. The summed E-state index contributed by atoms with van der Waals surface area (Å²) in [5, 5.41) is 7.34. The van der Waals surface area contributed by atoms with Gasteiger partial charge >= 0.3 is 6.09 Å². The number of nitrogens with two attached hydrogens (primary N) is 1. The normalized spacial score (nSPS) is 16.3. The standard InChI is InChI=1S/C17H26N4O2/c1-11-9-13(10-18)15(19)20-14(11)12-5-7-21(8-6-12)16(22)23-17(2,3)4/h9-10,12,18H,5-8H2,1-4H3,(H2,19,20). The molecular formula is C17H26N4O2. The van der Waals surface area contributed by atoms with Gasteiger partial charge in [0.1, 0.15) is 11.4 Å². The Labute approximate surface area is 137 Å². The maximum Gasteiger partial charge on any atom is 0.410 e. The van der Waals surface area contributed by atoms with Crippen LogP contribution in [0.3, 0.4) is 0 Å². The smallest absolute Gasteiger partial charge is 0.410 e. The average molecular weight is 318 g/mol. The molecule has 1 aromatic heterocycles. The number of nitrogen functional groups attached to an aromatic ring is 1. The number of nitrogens with one attached hydrogen (secondary N) is 1. The van der Waals surface area contributed by atoms with Crippen molar-refractivity contribution in [3.8, 4) is 0 Å². The molecule has 126 valence electrons. The van der Waals surface area contributed by atoms with Crippen LogP contribution in [0.2, 0.25) is 0 Å². The Hall–Kier alpha value is -2.11. The fourth-order valence-corrected chi connectivity index (χ4v) is 2.85. The molecule has 2 heterocycles. The van der Waals surface area contributed by atoms with Gasteiger partial charge in [-0.1, -0.05) is 0 Å². The number of piperidine rings is 1. The number of hydrogen-bond acceptors (Lipinski definition) is 5. The molecule has 0 atom stereocenters. The van der Waals surface area contributed by atoms with E-state index in [-0.39, 0.29) is 12.0 Å². The molecule has 0 aliphatic carbocycles. The summed E-state index contributed by atoms with van der Waals surface area (Å²) in [5.74, 6) is 0.686. The van der Waals surface area contributed by atoms with Crippen LogP contribution in [0.1, 0.15) is 56.4 Å². The molecule has 0 aromatic carbocycles. The van der Waals surface area contributed by atoms with Gasteiger partial charge in [0.05, 0.1) is 0 Å². The van der Waals surface area contributed by atoms with Crippen LogP contribution < -0.4 is 5.73 Å². The van der Waals surface area contributed by atoms with Gasteiger partial charge in [-0.25, -0.2) is 9.78 Å². The number of amides is 1. The average Bonchev–Trinajstić information content (AvgIpc) is 2.47. The summed E-state index contributed by atoms with van der Waals surface area (Å²) in [5.41, 5.74) is 8.12. The van der Waals surface area contributed by atoms with Crippen molar-refractivity contribution in [2.24, 2.45) is 0 Å². The number of aromatic nitrogens is 1. The van der Waals surface area contributed by atoms with Gasteiger partial charge in [0.2, 0.25) is 0 Å². The number of ether oxygens (including phenoxy) is 1. The van der Waals surface area contributed by atoms with Crippen molar-refractivity contribution >= 4 is 18.1 Å². The molecule has 0 radical (unpaired) electrons. The summed E-state index contributed by atoms with van der Waals surface area (Å²) in [6, 6.07) is 1.91. The van der Waals surface area contributed by atoms with Gasteiger partial charge in [-0.3, -0.25) is 0 Å². The van der Waals surface area contributed by atoms with Crippen LogP contribution in [-0.4, -0.2) is 40.9 Å². The highest BCUT2D eigenvalue weighted by Crippen LogP contribution is 2.30. The molecule has 0 saturated carbocycles. The first kappa shape index (κ1) is 17.2. The van der Waals surface area contributed by atoms with Gasteiger partial charge in [0, 0.05) is 36.5 Å². The number of aryl methyl sites for hydroxylation is 1. The van der Waals surface area contributed by atoms with Crippen LogP contribution in [-0.2, 0) is 4.74 Å². The predicted octanol–water partition coefficient (Wildman–Crippen LogP) is 3.08. The molecule has 23 heavy (non-hydrogen) atoms. The lowest BCUT2D eigenvalue weighted by Crippen LogP contribution is -2.41. The van der Waals surface area contributed by atoms with Gasteiger partial charge in [-0.2, -0.15) is 0 Å². The fraction of sp³-hybridized carbons (Fsp3) is 0.588. The Morgan fingerprint density at radius 3 is 2.57 bits per heavy atom. The fourth-order valence-electron chi connectivity index (χ4n) is 2.85. The molecule has 1 fully saturated rings. The number of anilines is 1. The highest BCUT2D eigenvalue weighted by molar-refractivity contribution is 5.83. The molecule has 6 nitrogen and oxygen atoms in total. The SMILES string of the molecule is Cc1cc(C=N)c(N)nc1C1CCN(C(=O)OC(C)(C)C)CC1. The third-order valence-corrected chi connectivity index (χ3v) is 4.00. The number of carbonyl (C=O) groups is 1. The molecule has 1 saturated heterocycles. The van der Waals surface area contributed by atoms with Crippen molar-refractivity contribution in [3.63, 3.8) is 0 Å². The van der Waals surface area contributed by atoms with Crippen LogP contribution in [0.4, 0.5) is 10.6 Å². The van der Waals surface area contributed by atoms with Crippen LogP contribution in [0.15, 0.2) is 6.07 Å². The van der Waals surface area contributed by atoms with E-state index < -0.39 is 5.60 Å². The van der Waals surface area contributed by atoms with E-state index >= 15 is 0 Å². The first-order valence-corrected chi connectivity index (χ1v) is 7.96. The summed E-state index contributed by atoms with van der Waals surface area (Å²) < 4.78 is 5.42. The minimum Gasteiger partial charge on any atom is -0.444 e. The summed E-state index contributed by atoms with van der Waals surface area (Å²) in [7, 11) is 0. The first-order chi connectivity index (χ1) is 10.7. The first-order valence-electron chi connectivity index (χ1n) is 7.96. The van der Waals surface area contributed by atoms with Crippen LogP contribution >= 0.6 is 0 Å². The second-order valence-electron chi connectivity index (χ2n) is 7.05. The lowest BCUT2D eigenvalue weighted by Gasteiger charge is -2.33. The van der Waals surface area contributed by atoms with Gasteiger partial charge < -0.3 is 20.8 Å². The lowest BCUT2D eigenvalue weighted by molar-refractivity contribution is 0.0204. The van der Waals surface area contributed by atoms with Crippen molar-refractivity contribution in [1.29, 1.82) is 5.41 Å². The third kappa shape index (κ3) is 4.21. The summed E-state index contributed by atoms with van der Waals surface area (Å²) in [6.45, 7) is 8.94. The molecule has 6 heteroatoms. The van der Waals surface area contributed by atoms with E-state index in [1.807, 2.05) is 33.8 Å². The Kier molecular flexibility index (Phi) is 4.92. The zero-order valence-corrected chi connectivity index (χ0v) is 14.3. The van der Waals surface area contributed by atoms with Crippen molar-refractivity contribution in [2.45, 2.75) is 52.1 Å². The van der Waals surface area contributed by atoms with Crippen LogP contribution in [0.25, 0.3) is 0 Å². The van der Waals surface area contributed by atoms with Crippen molar-refractivity contribution in [2.75, 3.05) is 18.8 Å². The molecule has 0 bridgehead atoms. The largest absolute Gasteiger partial charge is 0.444 e. The summed E-state index contributed by atoms with van der Waals surface area (Å²) in [6.07, 6.45) is 2.66. The molecule has 1 aliphatic rings. The Morgan fingerprint density at radius 2 is 2.04 bits per heavy atom. The quantitative estimate of drug-likeness (QED) is 0.820. The van der Waals surface area contributed by atoms with E-state index in [9.17, 15) is 4.79 Å². The van der Waals surface area contributed by atoms with Crippen molar-refractivity contribution < 1.29 is 9.53 Å². The van der Waals surface area contributed by atoms with E-state index in [1.165, 1.54) is 6.21 Å². The van der Waals surface area contributed by atoms with Crippen LogP contribution in [0.5, 0.6) is 0 Å². The topological polar surface area (TPSA) is 92.3 Å². The number of hydrogen-bond donors (Lipinski definition) is 2. The number of rotatable bonds is 2. The molecule has 0 unspecified atom stereocenters. The molecule has 1 aliphatic heterocycles. The lowest BCUT2D eigenvalue weighted by atomic mass is 9.90. The second kappa shape index (κ2) is 6.56. The maximum atomic E-state index is 12.1. The van der Waals surface area contributed by atoms with Gasteiger partial charge in [-0.15, -0.1) is 0 Å². The van der Waals surface area contributed by atoms with E-state index in [0.29, 0.717) is 24.5 Å². The predicted molar refractivity (Wildman–Crippen MR) is 91.1 cm³/mol. The summed E-state index contributed by atoms with van der Waals surface area (Å²) in [4.78, 5) is 18.3. The van der Waals surface area contributed by atoms with Crippen molar-refractivity contribution in [3.05, 3.63) is 22.9 Å². The zero-order chi connectivity index (χ0) is 17.2. The molecule has 1 amide bonds. The van der Waals surface area contributed by atoms with Gasteiger partial charge in [0.25, 0.3) is 0 Å². The van der Waals surface area contributed by atoms with Crippen molar-refractivity contribution in [1.82, 2.24) is 9.88 Å². The number of likely N-dealkylation sites (tertiary alicyclic amines) is 1. The van der Waals surface area contributed by atoms with E-state index in [2.05, 4.69) is 4.98 Å². The Morgan fingerprint density at radius 1 is 1.43 bits per heavy atom. The molecule has 2 rings (SSSR count). The Bertz CT molecular complexity index is 599. The Balaban J connectivity index is 2.03. The zero-order valence-electron chi connectivity index (χ0n) is 14.3. The minimum atomic E-state index is -0.469. The van der Waals surface area contributed by atoms with E-state index in [1.54, 1.807) is 4.90 Å². The van der Waals surface area contributed by atoms with Gasteiger partial charge in [0.15, 0.2) is 0 Å². The van der Waals surface area contributed by atoms with E-state index in [0.717, 1.165) is 24.1 Å². The number of carbonyl (C=O) groups excluding carboxylic acids is 1.